The minimum Gasteiger partial charge on any atom is -0.340 e. The van der Waals surface area contributed by atoms with Gasteiger partial charge in [-0.15, -0.1) is 0 Å². The van der Waals surface area contributed by atoms with Crippen molar-refractivity contribution in [2.75, 3.05) is 5.32 Å². The molecule has 3 rings (SSSR count). The second-order valence-electron chi connectivity index (χ2n) is 4.95. The predicted octanol–water partition coefficient (Wildman–Crippen LogP) is 4.16. The van der Waals surface area contributed by atoms with Crippen LogP contribution in [0.4, 0.5) is 5.69 Å². The third kappa shape index (κ3) is 2.43. The lowest BCUT2D eigenvalue weighted by Crippen LogP contribution is -2.16. The Morgan fingerprint density at radius 2 is 2.10 bits per heavy atom. The van der Waals surface area contributed by atoms with Crippen molar-refractivity contribution in [2.45, 2.75) is 13.8 Å². The summed E-state index contributed by atoms with van der Waals surface area (Å²) in [6.07, 6.45) is 0. The monoisotopic (exact) mass is 319 g/mol. The van der Waals surface area contributed by atoms with Crippen LogP contribution in [0.15, 0.2) is 24.3 Å². The normalized spacial score (nSPS) is 11.0. The Morgan fingerprint density at radius 3 is 2.76 bits per heavy atom. The van der Waals surface area contributed by atoms with Crippen molar-refractivity contribution in [2.24, 2.45) is 7.05 Å². The predicted molar refractivity (Wildman–Crippen MR) is 87.5 cm³/mol. The maximum absolute atomic E-state index is 12.5. The van der Waals surface area contributed by atoms with Crippen LogP contribution in [0.1, 0.15) is 21.1 Å². The molecule has 0 radical (unpaired) electrons. The molecule has 6 heteroatoms. The van der Waals surface area contributed by atoms with Crippen LogP contribution in [0.5, 0.6) is 0 Å². The minimum absolute atomic E-state index is 0.142. The summed E-state index contributed by atoms with van der Waals surface area (Å²) in [7, 11) is 1.86. The molecule has 1 N–H and O–H groups in total. The van der Waals surface area contributed by atoms with Crippen LogP contribution in [0, 0.1) is 13.8 Å². The number of hydrogen-bond acceptors (Lipinski definition) is 3. The summed E-state index contributed by atoms with van der Waals surface area (Å²) in [5, 5.41) is 4.59. The number of benzene rings is 1. The van der Waals surface area contributed by atoms with Crippen molar-refractivity contribution in [1.82, 2.24) is 8.94 Å². The highest BCUT2D eigenvalue weighted by Gasteiger charge is 2.16. The Balaban J connectivity index is 2.00. The van der Waals surface area contributed by atoms with E-state index in [4.69, 9.17) is 11.6 Å². The van der Waals surface area contributed by atoms with Crippen LogP contribution in [-0.2, 0) is 7.05 Å². The largest absolute Gasteiger partial charge is 0.340 e. The molecule has 108 valence electrons. The lowest BCUT2D eigenvalue weighted by Gasteiger charge is -2.06. The highest BCUT2D eigenvalue weighted by atomic mass is 35.5. The van der Waals surface area contributed by atoms with E-state index in [0.717, 1.165) is 27.2 Å². The molecular weight excluding hydrogens is 306 g/mol. The lowest BCUT2D eigenvalue weighted by atomic mass is 10.2. The molecule has 0 aliphatic rings. The number of amides is 1. The second-order valence-corrected chi connectivity index (χ2v) is 6.36. The SMILES string of the molecule is Cc1nsc(C)c1NC(=O)c1cc2ccc(Cl)cc2n1C. The van der Waals surface area contributed by atoms with Crippen LogP contribution < -0.4 is 5.32 Å². The summed E-state index contributed by atoms with van der Waals surface area (Å²) >= 11 is 7.41. The van der Waals surface area contributed by atoms with E-state index in [2.05, 4.69) is 9.69 Å². The van der Waals surface area contributed by atoms with E-state index in [0.29, 0.717) is 10.7 Å². The van der Waals surface area contributed by atoms with Gasteiger partial charge >= 0.3 is 0 Å². The highest BCUT2D eigenvalue weighted by Crippen LogP contribution is 2.26. The molecule has 0 saturated carbocycles. The molecular formula is C15H14ClN3OS. The van der Waals surface area contributed by atoms with Crippen molar-refractivity contribution in [3.05, 3.63) is 45.6 Å². The molecule has 0 aliphatic heterocycles. The van der Waals surface area contributed by atoms with E-state index in [9.17, 15) is 4.79 Å². The number of rotatable bonds is 2. The average molecular weight is 320 g/mol. The number of nitrogens with zero attached hydrogens (tertiary/aromatic N) is 2. The van der Waals surface area contributed by atoms with Gasteiger partial charge in [0.1, 0.15) is 5.69 Å². The Hall–Kier alpha value is -1.85. The zero-order valence-electron chi connectivity index (χ0n) is 11.9. The number of carbonyl (C=O) groups excluding carboxylic acids is 1. The maximum Gasteiger partial charge on any atom is 0.272 e. The quantitative estimate of drug-likeness (QED) is 0.771. The van der Waals surface area contributed by atoms with Crippen LogP contribution >= 0.6 is 23.1 Å². The Morgan fingerprint density at radius 1 is 1.33 bits per heavy atom. The van der Waals surface area contributed by atoms with E-state index < -0.39 is 0 Å². The van der Waals surface area contributed by atoms with Gasteiger partial charge in [-0.25, -0.2) is 0 Å². The molecule has 0 aliphatic carbocycles. The van der Waals surface area contributed by atoms with Gasteiger partial charge in [0.2, 0.25) is 0 Å². The number of nitrogens with one attached hydrogen (secondary N) is 1. The van der Waals surface area contributed by atoms with Crippen LogP contribution in [0.2, 0.25) is 5.02 Å². The number of aromatic nitrogens is 2. The Bertz CT molecular complexity index is 831. The van der Waals surface area contributed by atoms with Gasteiger partial charge in [0.25, 0.3) is 5.91 Å². The first-order valence-electron chi connectivity index (χ1n) is 6.46. The topological polar surface area (TPSA) is 46.9 Å². The molecule has 3 aromatic rings. The summed E-state index contributed by atoms with van der Waals surface area (Å²) < 4.78 is 6.09. The third-order valence-electron chi connectivity index (χ3n) is 3.51. The Labute approximate surface area is 131 Å². The summed E-state index contributed by atoms with van der Waals surface area (Å²) in [5.74, 6) is -0.142. The van der Waals surface area contributed by atoms with E-state index in [-0.39, 0.29) is 5.91 Å². The Kier molecular flexibility index (Phi) is 3.47. The van der Waals surface area contributed by atoms with Gasteiger partial charge in [-0.2, -0.15) is 4.37 Å². The number of hydrogen-bond donors (Lipinski definition) is 1. The fourth-order valence-corrected chi connectivity index (χ4v) is 3.18. The molecule has 0 saturated heterocycles. The molecule has 0 unspecified atom stereocenters. The van der Waals surface area contributed by atoms with Crippen LogP contribution in [-0.4, -0.2) is 14.8 Å². The zero-order valence-corrected chi connectivity index (χ0v) is 13.5. The number of aryl methyl sites for hydroxylation is 3. The molecule has 0 bridgehead atoms. The van der Waals surface area contributed by atoms with Gasteiger partial charge in [0, 0.05) is 27.9 Å². The molecule has 4 nitrogen and oxygen atoms in total. The molecule has 2 aromatic heterocycles. The summed E-state index contributed by atoms with van der Waals surface area (Å²) in [4.78, 5) is 13.5. The van der Waals surface area contributed by atoms with Crippen molar-refractivity contribution >= 4 is 45.6 Å². The molecule has 2 heterocycles. The van der Waals surface area contributed by atoms with E-state index in [1.165, 1.54) is 11.5 Å². The average Bonchev–Trinajstić information content (AvgIpc) is 2.94. The molecule has 0 atom stereocenters. The van der Waals surface area contributed by atoms with Crippen LogP contribution in [0.25, 0.3) is 10.9 Å². The lowest BCUT2D eigenvalue weighted by molar-refractivity contribution is 0.101. The number of carbonyl (C=O) groups is 1. The second kappa shape index (κ2) is 5.16. The molecule has 21 heavy (non-hydrogen) atoms. The molecule has 1 amide bonds. The van der Waals surface area contributed by atoms with Gasteiger partial charge in [-0.3, -0.25) is 4.79 Å². The fraction of sp³-hybridized carbons (Fsp3) is 0.200. The molecule has 1 aromatic carbocycles. The summed E-state index contributed by atoms with van der Waals surface area (Å²) in [5.41, 5.74) is 3.17. The first-order chi connectivity index (χ1) is 9.97. The standard InChI is InChI=1S/C15H14ClN3OS/c1-8-14(9(2)21-18-8)17-15(20)13-6-10-4-5-11(16)7-12(10)19(13)3/h4-7H,1-3H3,(H,17,20). The highest BCUT2D eigenvalue weighted by molar-refractivity contribution is 7.06. The smallest absolute Gasteiger partial charge is 0.272 e. The van der Waals surface area contributed by atoms with E-state index in [1.54, 1.807) is 0 Å². The zero-order chi connectivity index (χ0) is 15.1. The van der Waals surface area contributed by atoms with Crippen molar-refractivity contribution in [3.63, 3.8) is 0 Å². The van der Waals surface area contributed by atoms with E-state index >= 15 is 0 Å². The van der Waals surface area contributed by atoms with Gasteiger partial charge in [0.05, 0.1) is 11.4 Å². The maximum atomic E-state index is 12.5. The first kappa shape index (κ1) is 14.1. The number of fused-ring (bicyclic) bond motifs is 1. The summed E-state index contributed by atoms with van der Waals surface area (Å²) in [6.45, 7) is 3.84. The van der Waals surface area contributed by atoms with Gasteiger partial charge < -0.3 is 9.88 Å². The van der Waals surface area contributed by atoms with Gasteiger partial charge in [-0.1, -0.05) is 17.7 Å². The number of anilines is 1. The third-order valence-corrected chi connectivity index (χ3v) is 4.59. The van der Waals surface area contributed by atoms with Crippen LogP contribution in [0.3, 0.4) is 0 Å². The molecule has 0 fully saturated rings. The minimum atomic E-state index is -0.142. The van der Waals surface area contributed by atoms with E-state index in [1.807, 2.05) is 49.7 Å². The van der Waals surface area contributed by atoms with Gasteiger partial charge in [0.15, 0.2) is 0 Å². The summed E-state index contributed by atoms with van der Waals surface area (Å²) in [6, 6.07) is 7.46. The fourth-order valence-electron chi connectivity index (χ4n) is 2.36. The molecule has 0 spiro atoms. The van der Waals surface area contributed by atoms with Gasteiger partial charge in [-0.05, 0) is 43.6 Å². The first-order valence-corrected chi connectivity index (χ1v) is 7.61. The van der Waals surface area contributed by atoms with Crippen molar-refractivity contribution in [3.8, 4) is 0 Å². The van der Waals surface area contributed by atoms with Crippen molar-refractivity contribution < 1.29 is 4.79 Å². The van der Waals surface area contributed by atoms with Crippen molar-refractivity contribution in [1.29, 1.82) is 0 Å². The number of halogens is 1.